The predicted octanol–water partition coefficient (Wildman–Crippen LogP) is 3.27. The predicted molar refractivity (Wildman–Crippen MR) is 53.6 cm³/mol. The first-order valence-electron chi connectivity index (χ1n) is 4.56. The second-order valence-electron chi connectivity index (χ2n) is 2.99. The van der Waals surface area contributed by atoms with Gasteiger partial charge in [-0.15, -0.1) is 0 Å². The minimum absolute atomic E-state index is 0.468. The smallest absolute Gasteiger partial charge is 0.364 e. The number of rotatable bonds is 6. The molecule has 0 fully saturated rings. The van der Waals surface area contributed by atoms with Crippen molar-refractivity contribution in [1.29, 1.82) is 0 Å². The highest BCUT2D eigenvalue weighted by molar-refractivity contribution is 7.96. The minimum atomic E-state index is -0.468. The summed E-state index contributed by atoms with van der Waals surface area (Å²) in [7, 11) is 0. The van der Waals surface area contributed by atoms with Crippen LogP contribution in [0.25, 0.3) is 0 Å². The molecule has 1 atom stereocenters. The van der Waals surface area contributed by atoms with Gasteiger partial charge in [-0.25, -0.2) is 4.79 Å². The summed E-state index contributed by atoms with van der Waals surface area (Å²) in [5.74, 6) is 0.515. The van der Waals surface area contributed by atoms with Crippen molar-refractivity contribution in [2.45, 2.75) is 39.5 Å². The third-order valence-corrected chi connectivity index (χ3v) is 2.11. The zero-order chi connectivity index (χ0) is 9.40. The van der Waals surface area contributed by atoms with Crippen LogP contribution < -0.4 is 0 Å². The summed E-state index contributed by atoms with van der Waals surface area (Å²) in [6.07, 6.45) is 4.63. The van der Waals surface area contributed by atoms with Gasteiger partial charge in [0.2, 0.25) is 0 Å². The summed E-state index contributed by atoms with van der Waals surface area (Å²) in [4.78, 5) is 10.4. The van der Waals surface area contributed by atoms with Crippen molar-refractivity contribution in [2.24, 2.45) is 5.92 Å². The number of thiol groups is 1. The summed E-state index contributed by atoms with van der Waals surface area (Å²) in [5, 5.41) is -0.468. The molecule has 0 N–H and O–H groups in total. The van der Waals surface area contributed by atoms with Crippen molar-refractivity contribution in [3.63, 3.8) is 0 Å². The third-order valence-electron chi connectivity index (χ3n) is 1.99. The molecule has 0 saturated carbocycles. The lowest BCUT2D eigenvalue weighted by Gasteiger charge is -2.12. The van der Waals surface area contributed by atoms with E-state index in [0.717, 1.165) is 12.8 Å². The largest absolute Gasteiger partial charge is 0.457 e. The number of unbranched alkanes of at least 4 members (excludes halogenated alkanes) is 1. The van der Waals surface area contributed by atoms with Gasteiger partial charge in [0.15, 0.2) is 0 Å². The number of ether oxygens (including phenoxy) is 1. The first-order valence-corrected chi connectivity index (χ1v) is 5.01. The van der Waals surface area contributed by atoms with Gasteiger partial charge in [0.1, 0.15) is 0 Å². The van der Waals surface area contributed by atoms with Crippen LogP contribution in [0.3, 0.4) is 0 Å². The molecule has 0 aliphatic carbocycles. The summed E-state index contributed by atoms with van der Waals surface area (Å²) >= 11 is 3.54. The molecule has 0 aliphatic heterocycles. The Morgan fingerprint density at radius 3 is 2.58 bits per heavy atom. The Labute approximate surface area is 80.1 Å². The average molecular weight is 190 g/mol. The van der Waals surface area contributed by atoms with E-state index in [1.165, 1.54) is 12.8 Å². The lowest BCUT2D eigenvalue weighted by molar-refractivity contribution is 0.148. The van der Waals surface area contributed by atoms with Gasteiger partial charge in [0, 0.05) is 0 Å². The maximum Gasteiger partial charge on any atom is 0.364 e. The van der Waals surface area contributed by atoms with E-state index >= 15 is 0 Å². The van der Waals surface area contributed by atoms with E-state index in [9.17, 15) is 4.79 Å². The zero-order valence-electron chi connectivity index (χ0n) is 7.88. The van der Waals surface area contributed by atoms with Crippen LogP contribution >= 0.6 is 12.6 Å². The number of hydrogen-bond acceptors (Lipinski definition) is 2. The fraction of sp³-hybridized carbons (Fsp3) is 0.889. The second-order valence-corrected chi connectivity index (χ2v) is 3.36. The first-order chi connectivity index (χ1) is 5.70. The summed E-state index contributed by atoms with van der Waals surface area (Å²) in [6, 6.07) is 0. The molecular weight excluding hydrogens is 172 g/mol. The Kier molecular flexibility index (Phi) is 7.36. The Balaban J connectivity index is 3.45. The SMILES string of the molecule is CCCCC(CC)COC(=O)S. The topological polar surface area (TPSA) is 26.3 Å². The fourth-order valence-corrected chi connectivity index (χ4v) is 1.16. The molecule has 0 amide bonds. The highest BCUT2D eigenvalue weighted by atomic mass is 32.1. The highest BCUT2D eigenvalue weighted by Gasteiger charge is 2.07. The van der Waals surface area contributed by atoms with Gasteiger partial charge in [-0.2, -0.15) is 0 Å². The molecule has 0 saturated heterocycles. The lowest BCUT2D eigenvalue weighted by Crippen LogP contribution is -2.09. The molecule has 72 valence electrons. The third kappa shape index (κ3) is 6.53. The molecule has 1 unspecified atom stereocenters. The van der Waals surface area contributed by atoms with Crippen LogP contribution in [0.4, 0.5) is 4.79 Å². The Morgan fingerprint density at radius 1 is 1.50 bits per heavy atom. The monoisotopic (exact) mass is 190 g/mol. The van der Waals surface area contributed by atoms with Gasteiger partial charge in [0.25, 0.3) is 0 Å². The fourth-order valence-electron chi connectivity index (χ4n) is 1.09. The Hall–Kier alpha value is -0.180. The van der Waals surface area contributed by atoms with Crippen LogP contribution in [0, 0.1) is 5.92 Å². The van der Waals surface area contributed by atoms with Crippen LogP contribution in [-0.4, -0.2) is 11.9 Å². The summed E-state index contributed by atoms with van der Waals surface area (Å²) < 4.78 is 4.82. The van der Waals surface area contributed by atoms with Crippen LogP contribution in [0.5, 0.6) is 0 Å². The van der Waals surface area contributed by atoms with E-state index in [2.05, 4.69) is 26.5 Å². The maximum absolute atomic E-state index is 10.4. The molecule has 0 heterocycles. The number of carbonyl (C=O) groups excluding carboxylic acids is 1. The minimum Gasteiger partial charge on any atom is -0.457 e. The van der Waals surface area contributed by atoms with Gasteiger partial charge >= 0.3 is 5.30 Å². The Morgan fingerprint density at radius 2 is 2.17 bits per heavy atom. The van der Waals surface area contributed by atoms with Crippen molar-refractivity contribution in [3.05, 3.63) is 0 Å². The molecule has 2 nitrogen and oxygen atoms in total. The molecule has 0 rings (SSSR count). The van der Waals surface area contributed by atoms with Gasteiger partial charge in [-0.3, -0.25) is 0 Å². The lowest BCUT2D eigenvalue weighted by atomic mass is 10.0. The molecule has 0 spiro atoms. The van der Waals surface area contributed by atoms with E-state index in [1.54, 1.807) is 0 Å². The van der Waals surface area contributed by atoms with Gasteiger partial charge in [-0.1, -0.05) is 45.7 Å². The quantitative estimate of drug-likeness (QED) is 0.514. The first kappa shape index (κ1) is 11.8. The van der Waals surface area contributed by atoms with Crippen LogP contribution in [0.2, 0.25) is 0 Å². The molecule has 0 aromatic heterocycles. The molecule has 0 aliphatic rings. The highest BCUT2D eigenvalue weighted by Crippen LogP contribution is 2.13. The van der Waals surface area contributed by atoms with E-state index in [1.807, 2.05) is 0 Å². The van der Waals surface area contributed by atoms with Crippen molar-refractivity contribution in [3.8, 4) is 0 Å². The van der Waals surface area contributed by atoms with E-state index in [0.29, 0.717) is 12.5 Å². The van der Waals surface area contributed by atoms with E-state index in [4.69, 9.17) is 4.74 Å². The molecule has 0 radical (unpaired) electrons. The van der Waals surface area contributed by atoms with Gasteiger partial charge in [0.05, 0.1) is 6.61 Å². The van der Waals surface area contributed by atoms with Crippen LogP contribution in [0.15, 0.2) is 0 Å². The normalized spacial score (nSPS) is 12.6. The summed E-state index contributed by atoms with van der Waals surface area (Å²) in [6.45, 7) is 4.81. The standard InChI is InChI=1S/C9H18O2S/c1-3-5-6-8(4-2)7-11-9(10)12/h8H,3-7H2,1-2H3,(H,10,12). The van der Waals surface area contributed by atoms with Gasteiger partial charge in [-0.05, 0) is 12.3 Å². The van der Waals surface area contributed by atoms with Crippen molar-refractivity contribution in [1.82, 2.24) is 0 Å². The van der Waals surface area contributed by atoms with E-state index in [-0.39, 0.29) is 0 Å². The molecular formula is C9H18O2S. The number of hydrogen-bond donors (Lipinski definition) is 1. The van der Waals surface area contributed by atoms with Crippen molar-refractivity contribution >= 4 is 17.9 Å². The molecule has 0 aromatic carbocycles. The number of carbonyl (C=O) groups is 1. The van der Waals surface area contributed by atoms with Crippen LogP contribution in [0.1, 0.15) is 39.5 Å². The molecule has 0 aromatic rings. The van der Waals surface area contributed by atoms with Gasteiger partial charge < -0.3 is 4.74 Å². The molecule has 3 heteroatoms. The molecule has 12 heavy (non-hydrogen) atoms. The van der Waals surface area contributed by atoms with E-state index < -0.39 is 5.30 Å². The maximum atomic E-state index is 10.4. The molecule has 0 bridgehead atoms. The van der Waals surface area contributed by atoms with Crippen LogP contribution in [-0.2, 0) is 4.74 Å². The average Bonchev–Trinajstić information content (AvgIpc) is 2.05. The van der Waals surface area contributed by atoms with Crippen molar-refractivity contribution in [2.75, 3.05) is 6.61 Å². The van der Waals surface area contributed by atoms with Crippen molar-refractivity contribution < 1.29 is 9.53 Å². The summed E-state index contributed by atoms with van der Waals surface area (Å²) in [5.41, 5.74) is 0. The second kappa shape index (κ2) is 7.47. The zero-order valence-corrected chi connectivity index (χ0v) is 8.77. The Bertz CT molecular complexity index is 126.